The molecule has 0 fully saturated rings. The van der Waals surface area contributed by atoms with Gasteiger partial charge >= 0.3 is 0 Å². The fraction of sp³-hybridized carbons (Fsp3) is 0.250. The van der Waals surface area contributed by atoms with E-state index in [1.54, 1.807) is 12.1 Å². The Balaban J connectivity index is 3.18. The van der Waals surface area contributed by atoms with E-state index in [0.29, 0.717) is 22.3 Å². The lowest BCUT2D eigenvalue weighted by Gasteiger charge is -2.12. The van der Waals surface area contributed by atoms with Crippen LogP contribution in [0, 0.1) is 0 Å². The molecule has 5 heteroatoms. The highest BCUT2D eigenvalue weighted by Crippen LogP contribution is 2.33. The molecule has 0 aliphatic carbocycles. The molecule has 0 amide bonds. The zero-order valence-corrected chi connectivity index (χ0v) is 8.44. The van der Waals surface area contributed by atoms with Gasteiger partial charge in [0, 0.05) is 12.6 Å². The molecule has 1 rings (SSSR count). The summed E-state index contributed by atoms with van der Waals surface area (Å²) in [4.78, 5) is 0. The van der Waals surface area contributed by atoms with Gasteiger partial charge in [-0.2, -0.15) is 0 Å². The molecule has 6 N–H and O–H groups in total. The maximum absolute atomic E-state index is 5.92. The first-order valence-corrected chi connectivity index (χ1v) is 4.52. The lowest BCUT2D eigenvalue weighted by molar-refractivity contribution is 0.737. The Morgan fingerprint density at radius 3 is 2.38 bits per heavy atom. The van der Waals surface area contributed by atoms with E-state index in [9.17, 15) is 0 Å². The zero-order valence-electron chi connectivity index (χ0n) is 6.93. The molecule has 0 unspecified atom stereocenters. The van der Waals surface area contributed by atoms with Crippen molar-refractivity contribution in [1.82, 2.24) is 0 Å². The van der Waals surface area contributed by atoms with Crippen LogP contribution >= 0.6 is 23.2 Å². The molecule has 0 bridgehead atoms. The van der Waals surface area contributed by atoms with Gasteiger partial charge in [0.2, 0.25) is 0 Å². The number of hydrogen-bond acceptors (Lipinski definition) is 3. The molecule has 72 valence electrons. The first kappa shape index (κ1) is 10.6. The van der Waals surface area contributed by atoms with Crippen molar-refractivity contribution in [1.29, 1.82) is 0 Å². The second-order valence-electron chi connectivity index (χ2n) is 2.71. The van der Waals surface area contributed by atoms with Gasteiger partial charge in [-0.25, -0.2) is 0 Å². The summed E-state index contributed by atoms with van der Waals surface area (Å²) in [6.45, 7) is 0.319. The Hall–Kier alpha value is -0.480. The average Bonchev–Trinajstić information content (AvgIpc) is 2.13. The van der Waals surface area contributed by atoms with Gasteiger partial charge in [-0.05, 0) is 11.6 Å². The summed E-state index contributed by atoms with van der Waals surface area (Å²) in [7, 11) is 0. The second-order valence-corrected chi connectivity index (χ2v) is 3.47. The van der Waals surface area contributed by atoms with Crippen LogP contribution in [0.1, 0.15) is 11.6 Å². The first-order valence-electron chi connectivity index (χ1n) is 3.77. The normalized spacial score (nSPS) is 12.9. The minimum Gasteiger partial charge on any atom is -0.397 e. The van der Waals surface area contributed by atoms with Crippen LogP contribution in [-0.4, -0.2) is 6.54 Å². The van der Waals surface area contributed by atoms with Crippen LogP contribution in [0.25, 0.3) is 0 Å². The lowest BCUT2D eigenvalue weighted by Crippen LogP contribution is -2.21. The van der Waals surface area contributed by atoms with Crippen LogP contribution in [-0.2, 0) is 0 Å². The van der Waals surface area contributed by atoms with Gasteiger partial charge in [-0.1, -0.05) is 29.3 Å². The molecule has 0 aromatic heterocycles. The van der Waals surface area contributed by atoms with Crippen molar-refractivity contribution in [3.63, 3.8) is 0 Å². The Bertz CT molecular complexity index is 315. The largest absolute Gasteiger partial charge is 0.397 e. The van der Waals surface area contributed by atoms with Crippen LogP contribution < -0.4 is 17.2 Å². The molecule has 0 spiro atoms. The number of anilines is 1. The summed E-state index contributed by atoms with van der Waals surface area (Å²) in [5.74, 6) is 0. The number of hydrogen-bond donors (Lipinski definition) is 3. The molecule has 1 atom stereocenters. The summed E-state index contributed by atoms with van der Waals surface area (Å²) < 4.78 is 0. The van der Waals surface area contributed by atoms with Gasteiger partial charge in [-0.15, -0.1) is 0 Å². The number of halogens is 2. The number of nitrogens with two attached hydrogens (primary N) is 3. The maximum atomic E-state index is 5.92. The van der Waals surface area contributed by atoms with E-state index in [1.165, 1.54) is 0 Å². The van der Waals surface area contributed by atoms with Crippen LogP contribution in [0.4, 0.5) is 5.69 Å². The van der Waals surface area contributed by atoms with Crippen molar-refractivity contribution in [2.24, 2.45) is 11.5 Å². The van der Waals surface area contributed by atoms with E-state index in [-0.39, 0.29) is 6.04 Å². The molecule has 0 saturated heterocycles. The summed E-state index contributed by atoms with van der Waals surface area (Å²) in [6, 6.07) is 3.10. The summed E-state index contributed by atoms with van der Waals surface area (Å²) >= 11 is 11.8. The van der Waals surface area contributed by atoms with Crippen LogP contribution in [0.3, 0.4) is 0 Å². The van der Waals surface area contributed by atoms with E-state index < -0.39 is 0 Å². The Labute approximate surface area is 86.8 Å². The van der Waals surface area contributed by atoms with Crippen LogP contribution in [0.15, 0.2) is 12.1 Å². The van der Waals surface area contributed by atoms with Crippen LogP contribution in [0.2, 0.25) is 10.0 Å². The molecular formula is C8H11Cl2N3. The fourth-order valence-corrected chi connectivity index (χ4v) is 1.48. The molecule has 0 aliphatic rings. The third-order valence-corrected chi connectivity index (χ3v) is 2.71. The first-order chi connectivity index (χ1) is 6.07. The minimum absolute atomic E-state index is 0.300. The predicted molar refractivity (Wildman–Crippen MR) is 56.9 cm³/mol. The van der Waals surface area contributed by atoms with E-state index in [0.717, 1.165) is 5.56 Å². The summed E-state index contributed by atoms with van der Waals surface area (Å²) in [6.07, 6.45) is 0. The van der Waals surface area contributed by atoms with Gasteiger partial charge in [-0.3, -0.25) is 0 Å². The smallest absolute Gasteiger partial charge is 0.0824 e. The third kappa shape index (κ3) is 2.06. The van der Waals surface area contributed by atoms with Crippen molar-refractivity contribution in [2.45, 2.75) is 6.04 Å². The number of rotatable bonds is 2. The SMILES string of the molecule is NC[C@H](N)c1ccc(N)c(Cl)c1Cl. The molecule has 0 heterocycles. The Kier molecular flexibility index (Phi) is 3.39. The van der Waals surface area contributed by atoms with Crippen molar-refractivity contribution < 1.29 is 0 Å². The molecule has 0 saturated carbocycles. The highest BCUT2D eigenvalue weighted by atomic mass is 35.5. The predicted octanol–water partition coefficient (Wildman–Crippen LogP) is 1.53. The highest BCUT2D eigenvalue weighted by Gasteiger charge is 2.12. The Morgan fingerprint density at radius 2 is 1.85 bits per heavy atom. The van der Waals surface area contributed by atoms with Gasteiger partial charge in [0.05, 0.1) is 15.7 Å². The van der Waals surface area contributed by atoms with Crippen LogP contribution in [0.5, 0.6) is 0 Å². The van der Waals surface area contributed by atoms with Gasteiger partial charge in [0.1, 0.15) is 0 Å². The second kappa shape index (κ2) is 4.15. The number of nitrogen functional groups attached to an aromatic ring is 1. The molecule has 3 nitrogen and oxygen atoms in total. The van der Waals surface area contributed by atoms with Gasteiger partial charge < -0.3 is 17.2 Å². The Morgan fingerprint density at radius 1 is 1.23 bits per heavy atom. The average molecular weight is 220 g/mol. The van der Waals surface area contributed by atoms with E-state index >= 15 is 0 Å². The standard InChI is InChI=1S/C8H11Cl2N3/c9-7-4(6(13)3-11)1-2-5(12)8(7)10/h1-2,6H,3,11-13H2/t6-/m0/s1. The van der Waals surface area contributed by atoms with Crippen molar-refractivity contribution in [3.05, 3.63) is 27.7 Å². The monoisotopic (exact) mass is 219 g/mol. The van der Waals surface area contributed by atoms with E-state index in [4.69, 9.17) is 40.4 Å². The van der Waals surface area contributed by atoms with E-state index in [2.05, 4.69) is 0 Å². The molecule has 13 heavy (non-hydrogen) atoms. The summed E-state index contributed by atoms with van der Waals surface area (Å²) in [5.41, 5.74) is 17.8. The van der Waals surface area contributed by atoms with Crippen molar-refractivity contribution in [2.75, 3.05) is 12.3 Å². The minimum atomic E-state index is -0.300. The van der Waals surface area contributed by atoms with Crippen molar-refractivity contribution >= 4 is 28.9 Å². The van der Waals surface area contributed by atoms with Crippen molar-refractivity contribution in [3.8, 4) is 0 Å². The molecule has 0 radical (unpaired) electrons. The topological polar surface area (TPSA) is 78.1 Å². The summed E-state index contributed by atoms with van der Waals surface area (Å²) in [5, 5.41) is 0.725. The number of benzene rings is 1. The molecular weight excluding hydrogens is 209 g/mol. The highest BCUT2D eigenvalue weighted by molar-refractivity contribution is 6.44. The van der Waals surface area contributed by atoms with E-state index in [1.807, 2.05) is 0 Å². The molecule has 0 aliphatic heterocycles. The zero-order chi connectivity index (χ0) is 10.0. The quantitative estimate of drug-likeness (QED) is 0.661. The lowest BCUT2D eigenvalue weighted by atomic mass is 10.1. The maximum Gasteiger partial charge on any atom is 0.0824 e. The van der Waals surface area contributed by atoms with Gasteiger partial charge in [0.15, 0.2) is 0 Å². The fourth-order valence-electron chi connectivity index (χ4n) is 0.993. The molecule has 1 aromatic rings. The van der Waals surface area contributed by atoms with Gasteiger partial charge in [0.25, 0.3) is 0 Å². The molecule has 1 aromatic carbocycles. The third-order valence-electron chi connectivity index (χ3n) is 1.80.